The standard InChI is InChI=1S/2C6H5.BrH.Sn/c2*1-2-4-6-5-3-1;;/h2*1-5H;1H;/q;;;+2/p-1. The van der Waals surface area contributed by atoms with E-state index in [4.69, 9.17) is 0 Å². The maximum atomic E-state index is 3.89. The third-order valence-electron chi connectivity index (χ3n) is 2.05. The van der Waals surface area contributed by atoms with Crippen molar-refractivity contribution >= 4 is 37.4 Å². The van der Waals surface area contributed by atoms with E-state index < -0.39 is 17.5 Å². The quantitative estimate of drug-likeness (QED) is 0.727. The molecule has 0 saturated carbocycles. The van der Waals surface area contributed by atoms with Crippen LogP contribution in [0.4, 0.5) is 0 Å². The van der Waals surface area contributed by atoms with Gasteiger partial charge in [0.25, 0.3) is 0 Å². The van der Waals surface area contributed by atoms with Crippen LogP contribution in [0.3, 0.4) is 0 Å². The van der Waals surface area contributed by atoms with Crippen LogP contribution in [0.2, 0.25) is 0 Å². The van der Waals surface area contributed by atoms with E-state index in [1.165, 1.54) is 7.16 Å². The summed E-state index contributed by atoms with van der Waals surface area (Å²) in [6.07, 6.45) is 0. The van der Waals surface area contributed by atoms with Crippen LogP contribution in [0.5, 0.6) is 0 Å². The number of hydrogen-bond acceptors (Lipinski definition) is 0. The second-order valence-corrected chi connectivity index (χ2v) is 13.5. The molecule has 0 aliphatic carbocycles. The molecule has 68 valence electrons. The van der Waals surface area contributed by atoms with Gasteiger partial charge in [0.05, 0.1) is 0 Å². The Morgan fingerprint density at radius 2 is 1.00 bits per heavy atom. The Kier molecular flexibility index (Phi) is 3.65. The van der Waals surface area contributed by atoms with E-state index in [2.05, 4.69) is 73.4 Å². The van der Waals surface area contributed by atoms with E-state index in [9.17, 15) is 0 Å². The molecule has 0 unspecified atom stereocenters. The first-order chi connectivity index (χ1) is 6.88. The van der Waals surface area contributed by atoms with Crippen LogP contribution in [0.15, 0.2) is 60.7 Å². The number of hydrogen-bond donors (Lipinski definition) is 0. The molecule has 2 aromatic carbocycles. The molecule has 2 rings (SSSR count). The van der Waals surface area contributed by atoms with Crippen LogP contribution in [0.25, 0.3) is 0 Å². The van der Waals surface area contributed by atoms with Crippen molar-refractivity contribution in [2.45, 2.75) is 0 Å². The van der Waals surface area contributed by atoms with Crippen molar-refractivity contribution in [3.63, 3.8) is 0 Å². The first kappa shape index (κ1) is 10.2. The Hall–Kier alpha value is -0.281. The van der Waals surface area contributed by atoms with Gasteiger partial charge in [-0.25, -0.2) is 0 Å². The van der Waals surface area contributed by atoms with Crippen molar-refractivity contribution in [2.24, 2.45) is 0 Å². The summed E-state index contributed by atoms with van der Waals surface area (Å²) >= 11 is 2.20. The number of rotatable bonds is 2. The molecule has 14 heavy (non-hydrogen) atoms. The topological polar surface area (TPSA) is 0 Å². The Balaban J connectivity index is 2.30. The molecule has 0 aromatic heterocycles. The molecule has 2 heteroatoms. The fourth-order valence-electron chi connectivity index (χ4n) is 1.34. The summed E-state index contributed by atoms with van der Waals surface area (Å²) in [7, 11) is 0. The SMILES string of the molecule is [Br][Sn+]([c]1ccccc1)[c]1ccccc1. The molecule has 0 bridgehead atoms. The fraction of sp³-hybridized carbons (Fsp3) is 0. The van der Waals surface area contributed by atoms with Gasteiger partial charge in [0.2, 0.25) is 0 Å². The van der Waals surface area contributed by atoms with Gasteiger partial charge in [-0.15, -0.1) is 0 Å². The van der Waals surface area contributed by atoms with Crippen LogP contribution in [-0.4, -0.2) is 17.5 Å². The molecular weight excluding hydrogens is 343 g/mol. The van der Waals surface area contributed by atoms with Crippen molar-refractivity contribution in [1.29, 1.82) is 0 Å². The van der Waals surface area contributed by atoms with Gasteiger partial charge in [0.15, 0.2) is 0 Å². The van der Waals surface area contributed by atoms with Crippen molar-refractivity contribution in [1.82, 2.24) is 0 Å². The molecule has 0 amide bonds. The normalized spacial score (nSPS) is 9.79. The second-order valence-electron chi connectivity index (χ2n) is 3.05. The summed E-state index contributed by atoms with van der Waals surface area (Å²) in [6, 6.07) is 21.5. The van der Waals surface area contributed by atoms with E-state index in [1.54, 1.807) is 0 Å². The van der Waals surface area contributed by atoms with Gasteiger partial charge in [-0.3, -0.25) is 0 Å². The Labute approximate surface area is 97.5 Å². The predicted molar refractivity (Wildman–Crippen MR) is 66.8 cm³/mol. The van der Waals surface area contributed by atoms with E-state index in [0.29, 0.717) is 0 Å². The minimum absolute atomic E-state index is 1.49. The van der Waals surface area contributed by atoms with Gasteiger partial charge in [0, 0.05) is 0 Å². The van der Waals surface area contributed by atoms with Gasteiger partial charge < -0.3 is 0 Å². The second kappa shape index (κ2) is 4.98. The monoisotopic (exact) mass is 353 g/mol. The molecule has 0 saturated heterocycles. The molecule has 0 N–H and O–H groups in total. The zero-order chi connectivity index (χ0) is 9.80. The Morgan fingerprint density at radius 3 is 1.36 bits per heavy atom. The first-order valence-electron chi connectivity index (χ1n) is 4.51. The molecule has 0 nitrogen and oxygen atoms in total. The molecule has 2 aromatic rings. The Morgan fingerprint density at radius 1 is 0.643 bits per heavy atom. The van der Waals surface area contributed by atoms with E-state index in [1.807, 2.05) is 0 Å². The van der Waals surface area contributed by atoms with E-state index in [0.717, 1.165) is 0 Å². The molecule has 0 radical (unpaired) electrons. The molecule has 0 atom stereocenters. The molecule has 0 aliphatic heterocycles. The summed E-state index contributed by atoms with van der Waals surface area (Å²) < 4.78 is 2.97. The van der Waals surface area contributed by atoms with Crippen molar-refractivity contribution < 1.29 is 0 Å². The minimum atomic E-state index is -1.69. The summed E-state index contributed by atoms with van der Waals surface area (Å²) in [5.41, 5.74) is 0. The average Bonchev–Trinajstić information content (AvgIpc) is 2.30. The first-order valence-corrected chi connectivity index (χ1v) is 13.8. The zero-order valence-electron chi connectivity index (χ0n) is 7.65. The zero-order valence-corrected chi connectivity index (χ0v) is 12.1. The molecular formula is C12H10BrSn+. The Bertz CT molecular complexity index is 346. The number of halogens is 1. The summed E-state index contributed by atoms with van der Waals surface area (Å²) in [6.45, 7) is 0. The van der Waals surface area contributed by atoms with Crippen LogP contribution in [-0.2, 0) is 0 Å². The van der Waals surface area contributed by atoms with Crippen molar-refractivity contribution in [3.8, 4) is 0 Å². The average molecular weight is 353 g/mol. The summed E-state index contributed by atoms with van der Waals surface area (Å²) in [5, 5.41) is 0. The molecule has 0 heterocycles. The van der Waals surface area contributed by atoms with Gasteiger partial charge in [0.1, 0.15) is 0 Å². The number of benzene rings is 2. The van der Waals surface area contributed by atoms with Crippen LogP contribution in [0, 0.1) is 0 Å². The van der Waals surface area contributed by atoms with Crippen LogP contribution >= 0.6 is 12.7 Å². The van der Waals surface area contributed by atoms with Crippen molar-refractivity contribution in [2.75, 3.05) is 0 Å². The van der Waals surface area contributed by atoms with Gasteiger partial charge in [-0.2, -0.15) is 0 Å². The maximum absolute atomic E-state index is 3.89. The van der Waals surface area contributed by atoms with Crippen LogP contribution in [0.1, 0.15) is 0 Å². The molecule has 0 aliphatic rings. The van der Waals surface area contributed by atoms with E-state index in [-0.39, 0.29) is 0 Å². The summed E-state index contributed by atoms with van der Waals surface area (Å²) in [4.78, 5) is 0. The third kappa shape index (κ3) is 2.39. The van der Waals surface area contributed by atoms with Gasteiger partial charge in [-0.05, 0) is 0 Å². The molecule has 0 fully saturated rings. The van der Waals surface area contributed by atoms with Crippen LogP contribution < -0.4 is 7.16 Å². The predicted octanol–water partition coefficient (Wildman–Crippen LogP) is 2.19. The van der Waals surface area contributed by atoms with Gasteiger partial charge >= 0.3 is 98.1 Å². The molecule has 0 spiro atoms. The van der Waals surface area contributed by atoms with E-state index >= 15 is 0 Å². The third-order valence-corrected chi connectivity index (χ3v) is 13.0. The fourth-order valence-corrected chi connectivity index (χ4v) is 8.60. The summed E-state index contributed by atoms with van der Waals surface area (Å²) in [5.74, 6) is 0. The van der Waals surface area contributed by atoms with Crippen molar-refractivity contribution in [3.05, 3.63) is 60.7 Å². The van der Waals surface area contributed by atoms with Gasteiger partial charge in [-0.1, -0.05) is 0 Å².